The molecule has 0 spiro atoms. The minimum atomic E-state index is 0.194. The summed E-state index contributed by atoms with van der Waals surface area (Å²) in [7, 11) is 0. The van der Waals surface area contributed by atoms with Crippen molar-refractivity contribution in [2.75, 3.05) is 0 Å². The van der Waals surface area contributed by atoms with Crippen molar-refractivity contribution in [1.29, 1.82) is 0 Å². The molecule has 0 bridgehead atoms. The number of hydrogen-bond acceptors (Lipinski definition) is 1. The van der Waals surface area contributed by atoms with E-state index in [1.807, 2.05) is 31.2 Å². The van der Waals surface area contributed by atoms with E-state index in [4.69, 9.17) is 11.6 Å². The molecule has 0 aliphatic heterocycles. The molecule has 2 heteroatoms. The van der Waals surface area contributed by atoms with Gasteiger partial charge in [0.25, 0.3) is 0 Å². The summed E-state index contributed by atoms with van der Waals surface area (Å²) in [6.07, 6.45) is 0. The minimum absolute atomic E-state index is 0.194. The van der Waals surface area contributed by atoms with E-state index in [9.17, 15) is 5.11 Å². The third-order valence-electron chi connectivity index (χ3n) is 2.23. The van der Waals surface area contributed by atoms with Crippen molar-refractivity contribution in [3.8, 4) is 16.9 Å². The van der Waals surface area contributed by atoms with Crippen LogP contribution in [0.3, 0.4) is 0 Å². The third-order valence-corrected chi connectivity index (χ3v) is 2.45. The SMILES string of the molecule is Cc1cccc(-c2cc(O)cc(Cl)c2)c1. The monoisotopic (exact) mass is 218 g/mol. The lowest BCUT2D eigenvalue weighted by Gasteiger charge is -2.04. The van der Waals surface area contributed by atoms with Crippen LogP contribution in [0.4, 0.5) is 0 Å². The lowest BCUT2D eigenvalue weighted by atomic mass is 10.0. The van der Waals surface area contributed by atoms with Gasteiger partial charge in [-0.2, -0.15) is 0 Å². The molecule has 2 aromatic carbocycles. The zero-order valence-electron chi connectivity index (χ0n) is 8.37. The summed E-state index contributed by atoms with van der Waals surface area (Å²) in [5.74, 6) is 0.194. The number of hydrogen-bond donors (Lipinski definition) is 1. The first-order valence-electron chi connectivity index (χ1n) is 4.72. The van der Waals surface area contributed by atoms with Crippen LogP contribution >= 0.6 is 11.6 Å². The Morgan fingerprint density at radius 1 is 1.00 bits per heavy atom. The van der Waals surface area contributed by atoms with E-state index in [0.29, 0.717) is 5.02 Å². The largest absolute Gasteiger partial charge is 0.508 e. The Labute approximate surface area is 94.0 Å². The molecule has 76 valence electrons. The number of phenolic OH excluding ortho intramolecular Hbond substituents is 1. The number of rotatable bonds is 1. The van der Waals surface area contributed by atoms with Crippen LogP contribution in [-0.2, 0) is 0 Å². The Morgan fingerprint density at radius 3 is 2.47 bits per heavy atom. The molecule has 0 heterocycles. The van der Waals surface area contributed by atoms with E-state index in [0.717, 1.165) is 11.1 Å². The highest BCUT2D eigenvalue weighted by Gasteiger charge is 2.01. The fourth-order valence-electron chi connectivity index (χ4n) is 1.57. The average Bonchev–Trinajstić information content (AvgIpc) is 2.16. The zero-order valence-corrected chi connectivity index (χ0v) is 9.12. The predicted molar refractivity (Wildman–Crippen MR) is 63.3 cm³/mol. The number of aromatic hydroxyl groups is 1. The molecule has 1 N–H and O–H groups in total. The number of phenols is 1. The van der Waals surface area contributed by atoms with Gasteiger partial charge in [0.2, 0.25) is 0 Å². The molecule has 0 fully saturated rings. The Kier molecular flexibility index (Phi) is 2.65. The Hall–Kier alpha value is -1.47. The normalized spacial score (nSPS) is 10.3. The van der Waals surface area contributed by atoms with Gasteiger partial charge in [-0.3, -0.25) is 0 Å². The smallest absolute Gasteiger partial charge is 0.117 e. The Morgan fingerprint density at radius 2 is 1.80 bits per heavy atom. The fraction of sp³-hybridized carbons (Fsp3) is 0.0769. The highest BCUT2D eigenvalue weighted by Crippen LogP contribution is 2.28. The van der Waals surface area contributed by atoms with Gasteiger partial charge in [0, 0.05) is 5.02 Å². The second-order valence-corrected chi connectivity index (χ2v) is 4.00. The molecule has 0 aromatic heterocycles. The van der Waals surface area contributed by atoms with Crippen molar-refractivity contribution >= 4 is 11.6 Å². The highest BCUT2D eigenvalue weighted by molar-refractivity contribution is 6.31. The van der Waals surface area contributed by atoms with Crippen LogP contribution in [0, 0.1) is 6.92 Å². The van der Waals surface area contributed by atoms with Crippen LogP contribution in [0.25, 0.3) is 11.1 Å². The molecule has 0 unspecified atom stereocenters. The predicted octanol–water partition coefficient (Wildman–Crippen LogP) is 4.02. The minimum Gasteiger partial charge on any atom is -0.508 e. The highest BCUT2D eigenvalue weighted by atomic mass is 35.5. The van der Waals surface area contributed by atoms with Crippen molar-refractivity contribution in [3.63, 3.8) is 0 Å². The van der Waals surface area contributed by atoms with Crippen LogP contribution in [0.2, 0.25) is 5.02 Å². The maximum absolute atomic E-state index is 9.44. The van der Waals surface area contributed by atoms with Gasteiger partial charge in [-0.15, -0.1) is 0 Å². The maximum Gasteiger partial charge on any atom is 0.117 e. The van der Waals surface area contributed by atoms with Crippen molar-refractivity contribution < 1.29 is 5.11 Å². The summed E-state index contributed by atoms with van der Waals surface area (Å²) >= 11 is 5.88. The van der Waals surface area contributed by atoms with E-state index >= 15 is 0 Å². The van der Waals surface area contributed by atoms with E-state index < -0.39 is 0 Å². The van der Waals surface area contributed by atoms with Crippen LogP contribution in [0.5, 0.6) is 5.75 Å². The number of benzene rings is 2. The van der Waals surface area contributed by atoms with E-state index in [1.165, 1.54) is 11.6 Å². The lowest BCUT2D eigenvalue weighted by Crippen LogP contribution is -1.79. The van der Waals surface area contributed by atoms with Gasteiger partial charge in [-0.25, -0.2) is 0 Å². The first kappa shape index (κ1) is 10.1. The molecule has 0 aliphatic rings. The van der Waals surface area contributed by atoms with Gasteiger partial charge >= 0.3 is 0 Å². The molecule has 2 rings (SSSR count). The molecular weight excluding hydrogens is 208 g/mol. The molecular formula is C13H11ClO. The average molecular weight is 219 g/mol. The van der Waals surface area contributed by atoms with Gasteiger partial charge < -0.3 is 5.11 Å². The molecule has 0 radical (unpaired) electrons. The lowest BCUT2D eigenvalue weighted by molar-refractivity contribution is 0.475. The summed E-state index contributed by atoms with van der Waals surface area (Å²) in [4.78, 5) is 0. The van der Waals surface area contributed by atoms with Crippen LogP contribution in [0.15, 0.2) is 42.5 Å². The molecule has 2 aromatic rings. The van der Waals surface area contributed by atoms with Gasteiger partial charge in [0.15, 0.2) is 0 Å². The van der Waals surface area contributed by atoms with Crippen LogP contribution in [-0.4, -0.2) is 5.11 Å². The van der Waals surface area contributed by atoms with Crippen LogP contribution in [0.1, 0.15) is 5.56 Å². The number of halogens is 1. The fourth-order valence-corrected chi connectivity index (χ4v) is 1.79. The van der Waals surface area contributed by atoms with Crippen LogP contribution < -0.4 is 0 Å². The second-order valence-electron chi connectivity index (χ2n) is 3.57. The van der Waals surface area contributed by atoms with E-state index in [1.54, 1.807) is 6.07 Å². The van der Waals surface area contributed by atoms with E-state index in [2.05, 4.69) is 6.07 Å². The van der Waals surface area contributed by atoms with Crippen molar-refractivity contribution in [2.45, 2.75) is 6.92 Å². The summed E-state index contributed by atoms with van der Waals surface area (Å²) in [5.41, 5.74) is 3.18. The second kappa shape index (κ2) is 3.95. The van der Waals surface area contributed by atoms with Gasteiger partial charge in [-0.1, -0.05) is 41.4 Å². The summed E-state index contributed by atoms with van der Waals surface area (Å²) < 4.78 is 0. The summed E-state index contributed by atoms with van der Waals surface area (Å²) in [6, 6.07) is 13.2. The quantitative estimate of drug-likeness (QED) is 0.767. The molecule has 0 saturated carbocycles. The molecule has 0 saturated heterocycles. The molecule has 0 aliphatic carbocycles. The summed E-state index contributed by atoms with van der Waals surface area (Å²) in [5, 5.41) is 9.99. The maximum atomic E-state index is 9.44. The van der Waals surface area contributed by atoms with Gasteiger partial charge in [-0.05, 0) is 36.2 Å². The first-order valence-corrected chi connectivity index (χ1v) is 5.09. The topological polar surface area (TPSA) is 20.2 Å². The molecule has 0 amide bonds. The van der Waals surface area contributed by atoms with Crippen molar-refractivity contribution in [1.82, 2.24) is 0 Å². The Balaban J connectivity index is 2.54. The van der Waals surface area contributed by atoms with Gasteiger partial charge in [0.05, 0.1) is 0 Å². The van der Waals surface area contributed by atoms with Gasteiger partial charge in [0.1, 0.15) is 5.75 Å². The molecule has 0 atom stereocenters. The standard InChI is InChI=1S/C13H11ClO/c1-9-3-2-4-10(5-9)11-6-12(14)8-13(15)7-11/h2-8,15H,1H3. The summed E-state index contributed by atoms with van der Waals surface area (Å²) in [6.45, 7) is 2.04. The van der Waals surface area contributed by atoms with E-state index in [-0.39, 0.29) is 5.75 Å². The third kappa shape index (κ3) is 2.31. The van der Waals surface area contributed by atoms with Crippen molar-refractivity contribution in [2.24, 2.45) is 0 Å². The molecule has 1 nitrogen and oxygen atoms in total. The first-order chi connectivity index (χ1) is 7.15. The van der Waals surface area contributed by atoms with Crippen molar-refractivity contribution in [3.05, 3.63) is 53.1 Å². The zero-order chi connectivity index (χ0) is 10.8. The number of aryl methyl sites for hydroxylation is 1. The Bertz CT molecular complexity index is 471. The molecule has 15 heavy (non-hydrogen) atoms.